The van der Waals surface area contributed by atoms with Crippen LogP contribution in [0, 0.1) is 6.92 Å². The molecule has 1 N–H and O–H groups in total. The van der Waals surface area contributed by atoms with E-state index in [2.05, 4.69) is 10.5 Å². The number of aryl methyl sites for hydroxylation is 1. The van der Waals surface area contributed by atoms with Crippen LogP contribution < -0.4 is 5.32 Å². The molecule has 2 heterocycles. The summed E-state index contributed by atoms with van der Waals surface area (Å²) in [6.45, 7) is 8.03. The molecule has 1 atom stereocenters. The smallest absolute Gasteiger partial charge is 0.307 e. The van der Waals surface area contributed by atoms with Crippen LogP contribution in [-0.2, 0) is 9.53 Å². The number of hydrogen-bond acceptors (Lipinski definition) is 5. The Morgan fingerprint density at radius 3 is 2.92 bits per heavy atom. The quantitative estimate of drug-likeness (QED) is 0.807. The van der Waals surface area contributed by atoms with E-state index >= 15 is 0 Å². The van der Waals surface area contributed by atoms with Crippen molar-refractivity contribution < 1.29 is 14.1 Å². The molecule has 1 aliphatic heterocycles. The largest absolute Gasteiger partial charge is 0.460 e. The van der Waals surface area contributed by atoms with Gasteiger partial charge in [-0.3, -0.25) is 4.79 Å². The van der Waals surface area contributed by atoms with Crippen LogP contribution in [0.5, 0.6) is 0 Å². The number of esters is 1. The molecule has 0 saturated heterocycles. The Labute approximate surface area is 146 Å². The van der Waals surface area contributed by atoms with Crippen molar-refractivity contribution in [2.24, 2.45) is 0 Å². The fourth-order valence-electron chi connectivity index (χ4n) is 2.95. The number of nitrogens with zero attached hydrogens (tertiary/aromatic N) is 1. The monoisotopic (exact) mass is 348 g/mol. The lowest BCUT2D eigenvalue weighted by atomic mass is 9.95. The third kappa shape index (κ3) is 3.41. The number of nitrogens with one attached hydrogen (secondary N) is 1. The molecule has 0 fully saturated rings. The Morgan fingerprint density at radius 2 is 2.21 bits per heavy atom. The molecule has 0 spiro atoms. The number of fused-ring (bicyclic) bond motifs is 3. The van der Waals surface area contributed by atoms with Gasteiger partial charge in [-0.2, -0.15) is 0 Å². The number of carbonyl (C=O) groups excluding carboxylic acids is 1. The lowest BCUT2D eigenvalue weighted by Crippen LogP contribution is -2.26. The standard InChI is InChI=1S/C18H21ClN2O3/c1-10-16-13-6-5-12(19)8-14(13)20-9-11(17(16)24-21-10)7-15(22)23-18(2,3)4/h5-6,8,11,20H,7,9H2,1-4H3. The summed E-state index contributed by atoms with van der Waals surface area (Å²) >= 11 is 6.11. The predicted octanol–water partition coefficient (Wildman–Crippen LogP) is 4.54. The fraction of sp³-hybridized carbons (Fsp3) is 0.444. The minimum absolute atomic E-state index is 0.151. The normalized spacial score (nSPS) is 16.6. The van der Waals surface area contributed by atoms with Crippen LogP contribution >= 0.6 is 11.6 Å². The van der Waals surface area contributed by atoms with Crippen molar-refractivity contribution in [3.8, 4) is 11.1 Å². The molecule has 1 aromatic carbocycles. The molecule has 128 valence electrons. The zero-order chi connectivity index (χ0) is 17.5. The second-order valence-electron chi connectivity index (χ2n) is 7.07. The van der Waals surface area contributed by atoms with Gasteiger partial charge in [0.2, 0.25) is 0 Å². The Hall–Kier alpha value is -2.01. The van der Waals surface area contributed by atoms with Crippen LogP contribution in [0.3, 0.4) is 0 Å². The van der Waals surface area contributed by atoms with Gasteiger partial charge in [0.25, 0.3) is 0 Å². The maximum atomic E-state index is 12.2. The van der Waals surface area contributed by atoms with Gasteiger partial charge >= 0.3 is 5.97 Å². The van der Waals surface area contributed by atoms with Gasteiger partial charge in [0, 0.05) is 34.3 Å². The number of benzene rings is 1. The maximum Gasteiger partial charge on any atom is 0.307 e. The summed E-state index contributed by atoms with van der Waals surface area (Å²) in [4.78, 5) is 12.2. The highest BCUT2D eigenvalue weighted by molar-refractivity contribution is 6.31. The molecule has 0 saturated carbocycles. The van der Waals surface area contributed by atoms with E-state index in [0.29, 0.717) is 17.3 Å². The van der Waals surface area contributed by atoms with Crippen molar-refractivity contribution in [1.29, 1.82) is 0 Å². The van der Waals surface area contributed by atoms with Gasteiger partial charge in [0.15, 0.2) is 0 Å². The van der Waals surface area contributed by atoms with E-state index in [1.807, 2.05) is 45.9 Å². The number of hydrogen-bond donors (Lipinski definition) is 1. The lowest BCUT2D eigenvalue weighted by molar-refractivity contribution is -0.155. The van der Waals surface area contributed by atoms with Gasteiger partial charge in [0.05, 0.1) is 12.1 Å². The van der Waals surface area contributed by atoms with Crippen molar-refractivity contribution in [2.45, 2.75) is 45.6 Å². The first kappa shape index (κ1) is 16.8. The average Bonchev–Trinajstić information content (AvgIpc) is 2.76. The highest BCUT2D eigenvalue weighted by atomic mass is 35.5. The van der Waals surface area contributed by atoms with Gasteiger partial charge in [0.1, 0.15) is 11.4 Å². The molecule has 1 unspecified atom stereocenters. The first-order valence-corrected chi connectivity index (χ1v) is 8.34. The van der Waals surface area contributed by atoms with E-state index in [0.717, 1.165) is 22.5 Å². The van der Waals surface area contributed by atoms with Gasteiger partial charge in [-0.1, -0.05) is 22.8 Å². The third-order valence-electron chi connectivity index (χ3n) is 3.88. The highest BCUT2D eigenvalue weighted by Crippen LogP contribution is 2.41. The molecular weight excluding hydrogens is 328 g/mol. The van der Waals surface area contributed by atoms with Crippen LogP contribution in [-0.4, -0.2) is 23.3 Å². The molecule has 24 heavy (non-hydrogen) atoms. The van der Waals surface area contributed by atoms with Crippen LogP contribution in [0.4, 0.5) is 5.69 Å². The number of halogens is 1. The minimum atomic E-state index is -0.508. The van der Waals surface area contributed by atoms with E-state index < -0.39 is 5.60 Å². The second kappa shape index (κ2) is 6.13. The molecule has 1 aromatic heterocycles. The molecule has 3 rings (SSSR count). The molecule has 0 radical (unpaired) electrons. The van der Waals surface area contributed by atoms with Gasteiger partial charge < -0.3 is 14.6 Å². The maximum absolute atomic E-state index is 12.2. The summed E-state index contributed by atoms with van der Waals surface area (Å²) in [7, 11) is 0. The number of aromatic nitrogens is 1. The van der Waals surface area contributed by atoms with Crippen LogP contribution in [0.2, 0.25) is 5.02 Å². The van der Waals surface area contributed by atoms with Crippen LogP contribution in [0.15, 0.2) is 22.7 Å². The summed E-state index contributed by atoms with van der Waals surface area (Å²) in [6.07, 6.45) is 0.230. The highest BCUT2D eigenvalue weighted by Gasteiger charge is 2.31. The van der Waals surface area contributed by atoms with E-state index in [1.54, 1.807) is 0 Å². The molecule has 5 nitrogen and oxygen atoms in total. The predicted molar refractivity (Wildman–Crippen MR) is 93.4 cm³/mol. The summed E-state index contributed by atoms with van der Waals surface area (Å²) in [5.74, 6) is 0.312. The van der Waals surface area contributed by atoms with Gasteiger partial charge in [-0.25, -0.2) is 0 Å². The molecule has 2 aromatic rings. The first-order chi connectivity index (χ1) is 11.2. The van der Waals surface area contributed by atoms with E-state index in [9.17, 15) is 4.79 Å². The Kier molecular flexibility index (Phi) is 4.30. The average molecular weight is 349 g/mol. The van der Waals surface area contributed by atoms with Crippen molar-refractivity contribution in [3.05, 3.63) is 34.7 Å². The minimum Gasteiger partial charge on any atom is -0.460 e. The lowest BCUT2D eigenvalue weighted by Gasteiger charge is -2.21. The molecule has 0 bridgehead atoms. The zero-order valence-corrected chi connectivity index (χ0v) is 15.0. The van der Waals surface area contributed by atoms with E-state index in [-0.39, 0.29) is 18.3 Å². The summed E-state index contributed by atoms with van der Waals surface area (Å²) in [5.41, 5.74) is 3.12. The van der Waals surface area contributed by atoms with Crippen LogP contribution in [0.25, 0.3) is 11.1 Å². The summed E-state index contributed by atoms with van der Waals surface area (Å²) in [5, 5.41) is 8.13. The van der Waals surface area contributed by atoms with Crippen molar-refractivity contribution in [2.75, 3.05) is 11.9 Å². The topological polar surface area (TPSA) is 64.4 Å². The summed E-state index contributed by atoms with van der Waals surface area (Å²) in [6, 6.07) is 5.67. The number of ether oxygens (including phenoxy) is 1. The van der Waals surface area contributed by atoms with E-state index in [4.69, 9.17) is 20.9 Å². The van der Waals surface area contributed by atoms with Gasteiger partial charge in [-0.15, -0.1) is 0 Å². The van der Waals surface area contributed by atoms with Crippen molar-refractivity contribution >= 4 is 23.3 Å². The Bertz CT molecular complexity index is 777. The third-order valence-corrected chi connectivity index (χ3v) is 4.12. The number of anilines is 1. The zero-order valence-electron chi connectivity index (χ0n) is 14.3. The first-order valence-electron chi connectivity index (χ1n) is 7.96. The molecular formula is C18H21ClN2O3. The Balaban J connectivity index is 1.94. The SMILES string of the molecule is Cc1noc2c1-c1ccc(Cl)cc1NCC2CC(=O)OC(C)(C)C. The fourth-order valence-corrected chi connectivity index (χ4v) is 3.12. The number of rotatable bonds is 2. The molecule has 0 aliphatic carbocycles. The summed E-state index contributed by atoms with van der Waals surface area (Å²) < 4.78 is 11.0. The van der Waals surface area contributed by atoms with E-state index in [1.165, 1.54) is 0 Å². The van der Waals surface area contributed by atoms with Crippen LogP contribution in [0.1, 0.15) is 44.6 Å². The Morgan fingerprint density at radius 1 is 1.46 bits per heavy atom. The molecule has 1 aliphatic rings. The second-order valence-corrected chi connectivity index (χ2v) is 7.50. The molecule has 0 amide bonds. The van der Waals surface area contributed by atoms with Gasteiger partial charge in [-0.05, 0) is 39.8 Å². The van der Waals surface area contributed by atoms with Crippen molar-refractivity contribution in [1.82, 2.24) is 5.16 Å². The number of carbonyl (C=O) groups is 1. The van der Waals surface area contributed by atoms with Crippen molar-refractivity contribution in [3.63, 3.8) is 0 Å². The molecule has 6 heteroatoms.